The number of rotatable bonds is 0. The van der Waals surface area contributed by atoms with Crippen molar-refractivity contribution in [2.75, 3.05) is 0 Å². The first-order valence-corrected chi connectivity index (χ1v) is 8.19. The molecule has 1 saturated carbocycles. The summed E-state index contributed by atoms with van der Waals surface area (Å²) in [5, 5.41) is 10.1. The molecule has 1 aliphatic heterocycles. The second kappa shape index (κ2) is 6.51. The number of nitrogens with one attached hydrogen (secondary N) is 1. The molecule has 2 rings (SSSR count). The zero-order chi connectivity index (χ0) is 19.0. The van der Waals surface area contributed by atoms with Crippen LogP contribution in [0.3, 0.4) is 0 Å². The van der Waals surface area contributed by atoms with Gasteiger partial charge in [-0.3, -0.25) is 10.2 Å². The largest absolute Gasteiger partial charge is 0.453 e. The van der Waals surface area contributed by atoms with Crippen molar-refractivity contribution >= 4 is 11.9 Å². The van der Waals surface area contributed by atoms with E-state index < -0.39 is 35.8 Å². The number of carbonyl (C=O) groups is 2. The van der Waals surface area contributed by atoms with E-state index in [0.717, 1.165) is 24.8 Å². The van der Waals surface area contributed by atoms with Crippen LogP contribution >= 0.6 is 0 Å². The van der Waals surface area contributed by atoms with Crippen molar-refractivity contribution in [2.45, 2.75) is 76.8 Å². The molecule has 25 heavy (non-hydrogen) atoms. The van der Waals surface area contributed by atoms with Crippen molar-refractivity contribution < 1.29 is 32.6 Å². The number of carbonyl (C=O) groups excluding carboxylic acids is 2. The van der Waals surface area contributed by atoms with Gasteiger partial charge in [-0.15, -0.1) is 0 Å². The van der Waals surface area contributed by atoms with Crippen LogP contribution in [0.1, 0.15) is 59.3 Å². The quantitative estimate of drug-likeness (QED) is 0.510. The van der Waals surface area contributed by atoms with Gasteiger partial charge in [0.2, 0.25) is 0 Å². The van der Waals surface area contributed by atoms with Crippen LogP contribution in [0.15, 0.2) is 11.3 Å². The number of esters is 1. The Morgan fingerprint density at radius 1 is 1.16 bits per heavy atom. The van der Waals surface area contributed by atoms with Crippen LogP contribution in [0.25, 0.3) is 0 Å². The maximum absolute atomic E-state index is 13.4. The highest BCUT2D eigenvalue weighted by Crippen LogP contribution is 2.43. The summed E-state index contributed by atoms with van der Waals surface area (Å²) < 4.78 is 45.1. The van der Waals surface area contributed by atoms with Crippen molar-refractivity contribution in [2.24, 2.45) is 0 Å². The van der Waals surface area contributed by atoms with Gasteiger partial charge in [0.15, 0.2) is 0 Å². The molecule has 0 radical (unpaired) electrons. The zero-order valence-electron chi connectivity index (χ0n) is 14.5. The Labute approximate surface area is 144 Å². The van der Waals surface area contributed by atoms with E-state index in [1.807, 2.05) is 0 Å². The van der Waals surface area contributed by atoms with E-state index >= 15 is 0 Å². The van der Waals surface area contributed by atoms with Gasteiger partial charge in [-0.05, 0) is 52.0 Å². The lowest BCUT2D eigenvalue weighted by molar-refractivity contribution is -0.304. The van der Waals surface area contributed by atoms with Gasteiger partial charge >= 0.3 is 18.1 Å². The third kappa shape index (κ3) is 4.08. The fourth-order valence-electron chi connectivity index (χ4n) is 2.94. The van der Waals surface area contributed by atoms with E-state index in [0.29, 0.717) is 12.8 Å². The van der Waals surface area contributed by atoms with Gasteiger partial charge in [-0.2, -0.15) is 13.2 Å². The molecule has 1 amide bonds. The smallest absolute Gasteiger partial charge is 0.438 e. The van der Waals surface area contributed by atoms with Crippen LogP contribution in [0.4, 0.5) is 13.2 Å². The first kappa shape index (κ1) is 19.6. The lowest BCUT2D eigenvalue weighted by atomic mass is 9.91. The molecule has 142 valence electrons. The Morgan fingerprint density at radius 3 is 2.20 bits per heavy atom. The predicted octanol–water partition coefficient (Wildman–Crippen LogP) is 2.53. The molecule has 0 aromatic rings. The maximum Gasteiger partial charge on any atom is 0.438 e. The minimum atomic E-state index is -5.13. The average Bonchev–Trinajstić information content (AvgIpc) is 2.84. The summed E-state index contributed by atoms with van der Waals surface area (Å²) >= 11 is 0. The van der Waals surface area contributed by atoms with Gasteiger partial charge in [0.1, 0.15) is 5.60 Å². The molecule has 0 aromatic heterocycles. The fraction of sp³-hybridized carbons (Fsp3) is 0.750. The van der Waals surface area contributed by atoms with Crippen LogP contribution in [-0.4, -0.2) is 39.5 Å². The highest BCUT2D eigenvalue weighted by Gasteiger charge is 2.64. The number of allylic oxidation sites excluding steroid dienone is 1. The molecular weight excluding hydrogens is 341 g/mol. The van der Waals surface area contributed by atoms with Crippen LogP contribution in [0.2, 0.25) is 0 Å². The zero-order valence-corrected chi connectivity index (χ0v) is 14.5. The second-order valence-electron chi connectivity index (χ2n) is 7.39. The lowest BCUT2D eigenvalue weighted by Crippen LogP contribution is -2.61. The summed E-state index contributed by atoms with van der Waals surface area (Å²) in [7, 11) is 0. The number of hydrazine groups is 1. The topological polar surface area (TPSA) is 78.9 Å². The SMILES string of the molecule is CC(C)(C)OC(=O)C(=O)N1NC(=C2CCCCC2)C[C@]1(O)C(F)(F)F. The molecule has 1 saturated heterocycles. The molecule has 1 aliphatic carbocycles. The minimum absolute atomic E-state index is 0.0436. The number of hydrogen-bond donors (Lipinski definition) is 2. The van der Waals surface area contributed by atoms with Crippen LogP contribution in [0, 0.1) is 0 Å². The number of hydrogen-bond acceptors (Lipinski definition) is 5. The third-order valence-electron chi connectivity index (χ3n) is 4.15. The Bertz CT molecular complexity index is 587. The first-order valence-electron chi connectivity index (χ1n) is 8.19. The summed E-state index contributed by atoms with van der Waals surface area (Å²) in [5.41, 5.74) is -1.32. The van der Waals surface area contributed by atoms with Crippen molar-refractivity contribution in [3.63, 3.8) is 0 Å². The van der Waals surface area contributed by atoms with Gasteiger partial charge in [0.25, 0.3) is 5.72 Å². The van der Waals surface area contributed by atoms with Gasteiger partial charge in [-0.1, -0.05) is 6.42 Å². The Kier molecular flexibility index (Phi) is 5.09. The normalized spacial score (nSPS) is 25.0. The van der Waals surface area contributed by atoms with E-state index in [1.165, 1.54) is 20.8 Å². The molecule has 6 nitrogen and oxygen atoms in total. The average molecular weight is 364 g/mol. The van der Waals surface area contributed by atoms with Gasteiger partial charge in [0.05, 0.1) is 0 Å². The van der Waals surface area contributed by atoms with Crippen molar-refractivity contribution in [3.05, 3.63) is 11.3 Å². The fourth-order valence-corrected chi connectivity index (χ4v) is 2.94. The summed E-state index contributed by atoms with van der Waals surface area (Å²) in [6, 6.07) is 0. The molecule has 1 atom stereocenters. The standard InChI is InChI=1S/C16H23F3N2O4/c1-14(2,3)25-13(23)12(22)21-15(24,16(17,18)19)9-11(20-21)10-7-5-4-6-8-10/h20,24H,4-9H2,1-3H3/t15-/m0/s1. The van der Waals surface area contributed by atoms with E-state index in [2.05, 4.69) is 5.43 Å². The van der Waals surface area contributed by atoms with E-state index in [1.54, 1.807) is 0 Å². The van der Waals surface area contributed by atoms with Crippen molar-refractivity contribution in [1.29, 1.82) is 0 Å². The summed E-state index contributed by atoms with van der Waals surface area (Å²) in [6.07, 6.45) is -2.08. The van der Waals surface area contributed by atoms with E-state index in [4.69, 9.17) is 4.74 Å². The highest BCUT2D eigenvalue weighted by molar-refractivity contribution is 6.32. The first-order chi connectivity index (χ1) is 11.3. The minimum Gasteiger partial charge on any atom is -0.453 e. The Morgan fingerprint density at radius 2 is 1.72 bits per heavy atom. The summed E-state index contributed by atoms with van der Waals surface area (Å²) in [4.78, 5) is 24.1. The second-order valence-corrected chi connectivity index (χ2v) is 7.39. The molecule has 2 aliphatic rings. The molecule has 9 heteroatoms. The number of nitrogens with zero attached hydrogens (tertiary/aromatic N) is 1. The molecule has 0 unspecified atom stereocenters. The molecule has 2 fully saturated rings. The maximum atomic E-state index is 13.4. The van der Waals surface area contributed by atoms with Gasteiger partial charge in [-0.25, -0.2) is 9.80 Å². The number of alkyl halides is 3. The predicted molar refractivity (Wildman–Crippen MR) is 81.6 cm³/mol. The van der Waals surface area contributed by atoms with Crippen molar-refractivity contribution in [1.82, 2.24) is 10.4 Å². The highest BCUT2D eigenvalue weighted by atomic mass is 19.4. The van der Waals surface area contributed by atoms with Gasteiger partial charge < -0.3 is 9.84 Å². The number of amides is 1. The molecule has 0 aromatic carbocycles. The number of ether oxygens (including phenoxy) is 1. The molecule has 0 bridgehead atoms. The molecule has 1 heterocycles. The van der Waals surface area contributed by atoms with Gasteiger partial charge in [0, 0.05) is 12.1 Å². The van der Waals surface area contributed by atoms with E-state index in [9.17, 15) is 27.9 Å². The van der Waals surface area contributed by atoms with E-state index in [-0.39, 0.29) is 10.7 Å². The monoisotopic (exact) mass is 364 g/mol. The molecular formula is C16H23F3N2O4. The number of aliphatic hydroxyl groups is 1. The lowest BCUT2D eigenvalue weighted by Gasteiger charge is -2.33. The third-order valence-corrected chi connectivity index (χ3v) is 4.15. The molecule has 0 spiro atoms. The number of halogens is 3. The molecule has 2 N–H and O–H groups in total. The van der Waals surface area contributed by atoms with Crippen LogP contribution < -0.4 is 5.43 Å². The van der Waals surface area contributed by atoms with Crippen molar-refractivity contribution in [3.8, 4) is 0 Å². The summed E-state index contributed by atoms with van der Waals surface area (Å²) in [5.74, 6) is -3.04. The Balaban J connectivity index is 2.33. The summed E-state index contributed by atoms with van der Waals surface area (Å²) in [6.45, 7) is 4.46. The van der Waals surface area contributed by atoms with Crippen LogP contribution in [-0.2, 0) is 14.3 Å². The Hall–Kier alpha value is -1.77. The van der Waals surface area contributed by atoms with Crippen LogP contribution in [0.5, 0.6) is 0 Å².